The third kappa shape index (κ3) is 3.11. The molecule has 0 spiro atoms. The number of ether oxygens (including phenoxy) is 1. The van der Waals surface area contributed by atoms with E-state index >= 15 is 0 Å². The zero-order valence-corrected chi connectivity index (χ0v) is 14.5. The molecule has 2 fully saturated rings. The maximum Gasteiger partial charge on any atom is 0.272 e. The highest BCUT2D eigenvalue weighted by Crippen LogP contribution is 2.49. The fraction of sp³-hybridized carbons (Fsp3) is 0.450. The molecule has 25 heavy (non-hydrogen) atoms. The van der Waals surface area contributed by atoms with Crippen LogP contribution in [0.3, 0.4) is 0 Å². The van der Waals surface area contributed by atoms with Gasteiger partial charge < -0.3 is 9.64 Å². The molecule has 1 aliphatic carbocycles. The van der Waals surface area contributed by atoms with Gasteiger partial charge in [0, 0.05) is 37.0 Å². The molecule has 1 saturated heterocycles. The zero-order valence-electron chi connectivity index (χ0n) is 14.5. The van der Waals surface area contributed by atoms with Gasteiger partial charge in [0.15, 0.2) is 0 Å². The summed E-state index contributed by atoms with van der Waals surface area (Å²) in [6.45, 7) is 4.16. The van der Waals surface area contributed by atoms with Crippen molar-refractivity contribution in [3.05, 3.63) is 54.0 Å². The van der Waals surface area contributed by atoms with Gasteiger partial charge in [-0.15, -0.1) is 0 Å². The van der Waals surface area contributed by atoms with Crippen molar-refractivity contribution >= 4 is 5.91 Å². The fourth-order valence-electron chi connectivity index (χ4n) is 4.21. The highest BCUT2D eigenvalue weighted by Gasteiger charge is 2.51. The van der Waals surface area contributed by atoms with Crippen LogP contribution in [0.15, 0.2) is 42.7 Å². The number of carbonyl (C=O) groups is 1. The van der Waals surface area contributed by atoms with Crippen molar-refractivity contribution in [3.8, 4) is 5.88 Å². The van der Waals surface area contributed by atoms with Crippen molar-refractivity contribution in [2.75, 3.05) is 19.7 Å². The van der Waals surface area contributed by atoms with E-state index in [1.807, 2.05) is 42.2 Å². The van der Waals surface area contributed by atoms with Gasteiger partial charge >= 0.3 is 0 Å². The molecule has 0 bridgehead atoms. The van der Waals surface area contributed by atoms with Gasteiger partial charge in [0.25, 0.3) is 5.91 Å². The van der Waals surface area contributed by atoms with Crippen molar-refractivity contribution < 1.29 is 9.53 Å². The van der Waals surface area contributed by atoms with E-state index < -0.39 is 0 Å². The summed E-state index contributed by atoms with van der Waals surface area (Å²) in [5.74, 6) is 1.20. The maximum absolute atomic E-state index is 12.8. The minimum atomic E-state index is 0.0339. The second kappa shape index (κ2) is 6.47. The van der Waals surface area contributed by atoms with Crippen LogP contribution >= 0.6 is 0 Å². The quantitative estimate of drug-likeness (QED) is 0.860. The van der Waals surface area contributed by atoms with E-state index in [4.69, 9.17) is 4.74 Å². The second-order valence-corrected chi connectivity index (χ2v) is 7.31. The summed E-state index contributed by atoms with van der Waals surface area (Å²) < 4.78 is 5.98. The molecule has 0 radical (unpaired) electrons. The Labute approximate surface area is 148 Å². The Morgan fingerprint density at radius 1 is 1.32 bits per heavy atom. The summed E-state index contributed by atoms with van der Waals surface area (Å²) in [6.07, 6.45) is 6.98. The topological polar surface area (TPSA) is 55.3 Å². The molecule has 2 aliphatic rings. The molecule has 5 nitrogen and oxygen atoms in total. The lowest BCUT2D eigenvalue weighted by molar-refractivity contribution is 0.0739. The van der Waals surface area contributed by atoms with Crippen LogP contribution in [0.2, 0.25) is 0 Å². The molecule has 3 heterocycles. The second-order valence-electron chi connectivity index (χ2n) is 7.31. The van der Waals surface area contributed by atoms with Crippen LogP contribution in [-0.4, -0.2) is 40.5 Å². The number of carbonyl (C=O) groups excluding carboxylic acids is 1. The van der Waals surface area contributed by atoms with Crippen LogP contribution < -0.4 is 4.74 Å². The van der Waals surface area contributed by atoms with Crippen molar-refractivity contribution in [1.82, 2.24) is 14.9 Å². The predicted octanol–water partition coefficient (Wildman–Crippen LogP) is 3.11. The molecule has 1 amide bonds. The van der Waals surface area contributed by atoms with Crippen molar-refractivity contribution in [2.45, 2.75) is 26.2 Å². The Kier molecular flexibility index (Phi) is 4.15. The molecule has 0 aromatic carbocycles. The monoisotopic (exact) mass is 337 g/mol. The Morgan fingerprint density at radius 3 is 3.00 bits per heavy atom. The normalized spacial score (nSPS) is 25.0. The lowest BCUT2D eigenvalue weighted by Gasteiger charge is -2.28. The lowest BCUT2D eigenvalue weighted by Crippen LogP contribution is -2.36. The van der Waals surface area contributed by atoms with Crippen LogP contribution in [0.4, 0.5) is 0 Å². The van der Waals surface area contributed by atoms with Gasteiger partial charge in [-0.05, 0) is 43.4 Å². The summed E-state index contributed by atoms with van der Waals surface area (Å²) in [5.41, 5.74) is 1.65. The molecule has 0 unspecified atom stereocenters. The number of hydrogen-bond donors (Lipinski definition) is 0. The smallest absolute Gasteiger partial charge is 0.272 e. The van der Waals surface area contributed by atoms with Crippen molar-refractivity contribution in [1.29, 1.82) is 0 Å². The minimum Gasteiger partial charge on any atom is -0.477 e. The molecule has 4 rings (SSSR count). The van der Waals surface area contributed by atoms with E-state index in [2.05, 4.69) is 9.97 Å². The zero-order chi connectivity index (χ0) is 17.3. The van der Waals surface area contributed by atoms with E-state index in [-0.39, 0.29) is 11.3 Å². The molecule has 1 aliphatic heterocycles. The lowest BCUT2D eigenvalue weighted by atomic mass is 9.81. The van der Waals surface area contributed by atoms with Crippen LogP contribution in [0.1, 0.15) is 35.3 Å². The van der Waals surface area contributed by atoms with Gasteiger partial charge in [0.1, 0.15) is 5.69 Å². The Hall–Kier alpha value is -2.43. The molecule has 0 N–H and O–H groups in total. The Morgan fingerprint density at radius 2 is 2.24 bits per heavy atom. The van der Waals surface area contributed by atoms with Gasteiger partial charge in [-0.1, -0.05) is 18.6 Å². The molecule has 130 valence electrons. The molecule has 1 saturated carbocycles. The van der Waals surface area contributed by atoms with E-state index in [1.165, 1.54) is 6.42 Å². The number of likely N-dealkylation sites (tertiary alicyclic amines) is 1. The molecular formula is C20H23N3O2. The van der Waals surface area contributed by atoms with E-state index in [0.717, 1.165) is 31.5 Å². The molecular weight excluding hydrogens is 314 g/mol. The highest BCUT2D eigenvalue weighted by molar-refractivity contribution is 5.92. The number of fused-ring (bicyclic) bond motifs is 1. The average Bonchev–Trinajstić information content (AvgIpc) is 3.18. The number of amides is 1. The average molecular weight is 337 g/mol. The molecule has 2 atom stereocenters. The fourth-order valence-corrected chi connectivity index (χ4v) is 4.21. The summed E-state index contributed by atoms with van der Waals surface area (Å²) in [7, 11) is 0. The van der Waals surface area contributed by atoms with Crippen LogP contribution in [0.5, 0.6) is 5.88 Å². The minimum absolute atomic E-state index is 0.0339. The van der Waals surface area contributed by atoms with E-state index in [0.29, 0.717) is 24.1 Å². The van der Waals surface area contributed by atoms with Crippen LogP contribution in [-0.2, 0) is 0 Å². The standard InChI is InChI=1S/C20H23N3O2/c1-15-7-8-17(22-11-15)19(24)23-12-16-5-4-9-20(16,13-23)14-25-18-6-2-3-10-21-18/h2-3,6-8,10-11,16H,4-5,9,12-14H2,1H3/t16-,20+/m1/s1. The van der Waals surface area contributed by atoms with Gasteiger partial charge in [0.05, 0.1) is 6.61 Å². The number of pyridine rings is 2. The van der Waals surface area contributed by atoms with Gasteiger partial charge in [-0.2, -0.15) is 0 Å². The van der Waals surface area contributed by atoms with Crippen molar-refractivity contribution in [2.24, 2.45) is 11.3 Å². The van der Waals surface area contributed by atoms with E-state index in [9.17, 15) is 4.79 Å². The number of rotatable bonds is 4. The predicted molar refractivity (Wildman–Crippen MR) is 94.4 cm³/mol. The molecule has 2 aromatic rings. The third-order valence-corrected chi connectivity index (χ3v) is 5.60. The van der Waals surface area contributed by atoms with Crippen LogP contribution in [0.25, 0.3) is 0 Å². The molecule has 2 aromatic heterocycles. The first-order valence-electron chi connectivity index (χ1n) is 8.92. The highest BCUT2D eigenvalue weighted by atomic mass is 16.5. The summed E-state index contributed by atoms with van der Waals surface area (Å²) in [6, 6.07) is 9.46. The molecule has 5 heteroatoms. The first-order valence-corrected chi connectivity index (χ1v) is 8.92. The first-order chi connectivity index (χ1) is 12.2. The summed E-state index contributed by atoms with van der Waals surface area (Å²) in [4.78, 5) is 23.3. The Balaban J connectivity index is 1.47. The van der Waals surface area contributed by atoms with E-state index in [1.54, 1.807) is 12.4 Å². The largest absolute Gasteiger partial charge is 0.477 e. The van der Waals surface area contributed by atoms with Gasteiger partial charge in [-0.25, -0.2) is 4.98 Å². The maximum atomic E-state index is 12.8. The number of aromatic nitrogens is 2. The van der Waals surface area contributed by atoms with Gasteiger partial charge in [0.2, 0.25) is 5.88 Å². The summed E-state index contributed by atoms with van der Waals surface area (Å²) >= 11 is 0. The third-order valence-electron chi connectivity index (χ3n) is 5.60. The van der Waals surface area contributed by atoms with Crippen LogP contribution in [0, 0.1) is 18.3 Å². The summed E-state index contributed by atoms with van der Waals surface area (Å²) in [5, 5.41) is 0. The van der Waals surface area contributed by atoms with Crippen molar-refractivity contribution in [3.63, 3.8) is 0 Å². The number of aryl methyl sites for hydroxylation is 1. The SMILES string of the molecule is Cc1ccc(C(=O)N2C[C@H]3CCC[C@@]3(COc3ccccn3)C2)nc1. The first kappa shape index (κ1) is 16.1. The number of nitrogens with zero attached hydrogens (tertiary/aromatic N) is 3. The number of hydrogen-bond acceptors (Lipinski definition) is 4. The Bertz CT molecular complexity index is 747. The van der Waals surface area contributed by atoms with Gasteiger partial charge in [-0.3, -0.25) is 9.78 Å².